The van der Waals surface area contributed by atoms with Gasteiger partial charge in [-0.3, -0.25) is 5.43 Å². The van der Waals surface area contributed by atoms with Crippen LogP contribution in [0.15, 0.2) is 47.6 Å². The number of rotatable bonds is 4. The Kier molecular flexibility index (Phi) is 5.32. The number of ether oxygens (including phenoxy) is 1. The molecule has 0 fully saturated rings. The van der Waals surface area contributed by atoms with Crippen LogP contribution in [0.3, 0.4) is 0 Å². The maximum absolute atomic E-state index is 9.93. The highest BCUT2D eigenvalue weighted by atomic mass is 32.1. The number of benzene rings is 2. The minimum atomic E-state index is 0.0353. The molecule has 114 valence electrons. The number of hydrogen-bond donors (Lipinski definition) is 3. The van der Waals surface area contributed by atoms with Crippen LogP contribution < -0.4 is 15.5 Å². The summed E-state index contributed by atoms with van der Waals surface area (Å²) in [5.74, 6) is 0.428. The molecule has 22 heavy (non-hydrogen) atoms. The van der Waals surface area contributed by atoms with Crippen LogP contribution in [0.5, 0.6) is 11.5 Å². The largest absolute Gasteiger partial charge is 0.504 e. The summed E-state index contributed by atoms with van der Waals surface area (Å²) in [5, 5.41) is 17.3. The van der Waals surface area contributed by atoms with E-state index in [1.54, 1.807) is 18.2 Å². The molecule has 0 saturated carbocycles. The molecule has 2 aromatic carbocycles. The normalized spacial score (nSPS) is 10.5. The zero-order valence-corrected chi connectivity index (χ0v) is 13.1. The van der Waals surface area contributed by atoms with Gasteiger partial charge in [-0.1, -0.05) is 18.2 Å². The van der Waals surface area contributed by atoms with Crippen molar-refractivity contribution < 1.29 is 9.84 Å². The van der Waals surface area contributed by atoms with E-state index in [1.165, 1.54) is 13.3 Å². The van der Waals surface area contributed by atoms with Gasteiger partial charge in [0.2, 0.25) is 0 Å². The van der Waals surface area contributed by atoms with E-state index >= 15 is 0 Å². The molecule has 0 aliphatic rings. The molecule has 0 aromatic heterocycles. The molecule has 0 spiro atoms. The summed E-state index contributed by atoms with van der Waals surface area (Å²) in [7, 11) is 1.50. The SMILES string of the molecule is COc1cccc(C=NNC(=S)Nc2cccc(C)c2)c1O. The van der Waals surface area contributed by atoms with Crippen LogP contribution in [-0.2, 0) is 0 Å². The van der Waals surface area contributed by atoms with Gasteiger partial charge >= 0.3 is 0 Å². The monoisotopic (exact) mass is 315 g/mol. The van der Waals surface area contributed by atoms with Crippen LogP contribution in [0.4, 0.5) is 5.69 Å². The third-order valence-corrected chi connectivity index (χ3v) is 3.09. The lowest BCUT2D eigenvalue weighted by atomic mass is 10.2. The number of phenols is 1. The van der Waals surface area contributed by atoms with Crippen LogP contribution in [0.2, 0.25) is 0 Å². The van der Waals surface area contributed by atoms with E-state index in [0.717, 1.165) is 11.3 Å². The second-order valence-corrected chi connectivity index (χ2v) is 5.00. The number of hydrazone groups is 1. The molecule has 0 heterocycles. The van der Waals surface area contributed by atoms with Crippen molar-refractivity contribution in [3.63, 3.8) is 0 Å². The van der Waals surface area contributed by atoms with Gasteiger partial charge in [-0.15, -0.1) is 0 Å². The number of methoxy groups -OCH3 is 1. The van der Waals surface area contributed by atoms with E-state index in [2.05, 4.69) is 15.8 Å². The third kappa shape index (κ3) is 4.20. The average molecular weight is 315 g/mol. The van der Waals surface area contributed by atoms with Gasteiger partial charge in [-0.05, 0) is 49.0 Å². The van der Waals surface area contributed by atoms with E-state index in [1.807, 2.05) is 31.2 Å². The zero-order valence-electron chi connectivity index (χ0n) is 12.3. The minimum absolute atomic E-state index is 0.0353. The highest BCUT2D eigenvalue weighted by molar-refractivity contribution is 7.80. The van der Waals surface area contributed by atoms with Gasteiger partial charge in [0.05, 0.1) is 13.3 Å². The Morgan fingerprint density at radius 2 is 2.05 bits per heavy atom. The van der Waals surface area contributed by atoms with Crippen molar-refractivity contribution in [1.82, 2.24) is 5.43 Å². The van der Waals surface area contributed by atoms with Crippen molar-refractivity contribution in [2.75, 3.05) is 12.4 Å². The lowest BCUT2D eigenvalue weighted by Gasteiger charge is -2.08. The quantitative estimate of drug-likeness (QED) is 0.460. The molecule has 3 N–H and O–H groups in total. The minimum Gasteiger partial charge on any atom is -0.504 e. The number of nitrogens with zero attached hydrogens (tertiary/aromatic N) is 1. The molecule has 6 heteroatoms. The topological polar surface area (TPSA) is 65.9 Å². The standard InChI is InChI=1S/C16H17N3O2S/c1-11-5-3-7-13(9-11)18-16(22)19-17-10-12-6-4-8-14(21-2)15(12)20/h3-10,20H,1-2H3,(H2,18,19,22). The third-order valence-electron chi connectivity index (χ3n) is 2.90. The van der Waals surface area contributed by atoms with Gasteiger partial charge < -0.3 is 15.2 Å². The Hall–Kier alpha value is -2.60. The van der Waals surface area contributed by atoms with E-state index in [9.17, 15) is 5.11 Å². The molecule has 0 radical (unpaired) electrons. The molecule has 0 amide bonds. The summed E-state index contributed by atoms with van der Waals surface area (Å²) in [6.07, 6.45) is 1.47. The number of aryl methyl sites for hydroxylation is 1. The van der Waals surface area contributed by atoms with E-state index < -0.39 is 0 Å². The number of phenolic OH excluding ortho intramolecular Hbond substituents is 1. The molecule has 5 nitrogen and oxygen atoms in total. The first-order valence-corrected chi connectivity index (χ1v) is 7.03. The summed E-state index contributed by atoms with van der Waals surface area (Å²) >= 11 is 5.15. The van der Waals surface area contributed by atoms with Gasteiger partial charge in [0.15, 0.2) is 16.6 Å². The van der Waals surface area contributed by atoms with Crippen LogP contribution in [0.1, 0.15) is 11.1 Å². The summed E-state index contributed by atoms with van der Waals surface area (Å²) in [6.45, 7) is 2.01. The number of hydrogen-bond acceptors (Lipinski definition) is 4. The van der Waals surface area contributed by atoms with Crippen molar-refractivity contribution in [3.8, 4) is 11.5 Å². The first kappa shape index (κ1) is 15.8. The summed E-state index contributed by atoms with van der Waals surface area (Å²) in [4.78, 5) is 0. The highest BCUT2D eigenvalue weighted by Gasteiger charge is 2.04. The number of thiocarbonyl (C=S) groups is 1. The van der Waals surface area contributed by atoms with Gasteiger partial charge in [0, 0.05) is 11.3 Å². The molecule has 0 bridgehead atoms. The molecule has 0 saturated heterocycles. The Balaban J connectivity index is 1.96. The number of para-hydroxylation sites is 1. The fourth-order valence-corrected chi connectivity index (χ4v) is 2.02. The van der Waals surface area contributed by atoms with Crippen molar-refractivity contribution in [1.29, 1.82) is 0 Å². The Labute approximate surface area is 134 Å². The number of nitrogens with one attached hydrogen (secondary N) is 2. The maximum Gasteiger partial charge on any atom is 0.191 e. The van der Waals surface area contributed by atoms with Crippen LogP contribution in [-0.4, -0.2) is 23.5 Å². The fourth-order valence-electron chi connectivity index (χ4n) is 1.85. The van der Waals surface area contributed by atoms with Crippen LogP contribution in [0.25, 0.3) is 0 Å². The molecular weight excluding hydrogens is 298 g/mol. The van der Waals surface area contributed by atoms with Crippen molar-refractivity contribution in [2.45, 2.75) is 6.92 Å². The van der Waals surface area contributed by atoms with Gasteiger partial charge in [-0.25, -0.2) is 0 Å². The predicted molar refractivity (Wildman–Crippen MR) is 92.8 cm³/mol. The Bertz CT molecular complexity index is 702. The van der Waals surface area contributed by atoms with Crippen molar-refractivity contribution in [3.05, 3.63) is 53.6 Å². The first-order chi connectivity index (χ1) is 10.6. The smallest absolute Gasteiger partial charge is 0.191 e. The molecule has 0 atom stereocenters. The summed E-state index contributed by atoms with van der Waals surface area (Å²) in [5.41, 5.74) is 5.26. The van der Waals surface area contributed by atoms with Crippen LogP contribution in [0, 0.1) is 6.92 Å². The first-order valence-electron chi connectivity index (χ1n) is 6.63. The number of aromatic hydroxyl groups is 1. The lowest BCUT2D eigenvalue weighted by Crippen LogP contribution is -2.23. The van der Waals surface area contributed by atoms with Crippen LogP contribution >= 0.6 is 12.2 Å². The molecule has 0 unspecified atom stereocenters. The Morgan fingerprint density at radius 1 is 1.27 bits per heavy atom. The van der Waals surface area contributed by atoms with E-state index in [0.29, 0.717) is 16.4 Å². The highest BCUT2D eigenvalue weighted by Crippen LogP contribution is 2.27. The van der Waals surface area contributed by atoms with Gasteiger partial charge in [-0.2, -0.15) is 5.10 Å². The van der Waals surface area contributed by atoms with Crippen molar-refractivity contribution in [2.24, 2.45) is 5.10 Å². The summed E-state index contributed by atoms with van der Waals surface area (Å²) in [6, 6.07) is 13.0. The molecule has 0 aliphatic carbocycles. The number of anilines is 1. The predicted octanol–water partition coefficient (Wildman–Crippen LogP) is 3.03. The average Bonchev–Trinajstić information content (AvgIpc) is 2.49. The van der Waals surface area contributed by atoms with Gasteiger partial charge in [0.25, 0.3) is 0 Å². The Morgan fingerprint density at radius 3 is 2.77 bits per heavy atom. The zero-order chi connectivity index (χ0) is 15.9. The van der Waals surface area contributed by atoms with Gasteiger partial charge in [0.1, 0.15) is 0 Å². The van der Waals surface area contributed by atoms with E-state index in [4.69, 9.17) is 17.0 Å². The second kappa shape index (κ2) is 7.42. The fraction of sp³-hybridized carbons (Fsp3) is 0.125. The molecule has 0 aliphatic heterocycles. The molecule has 2 rings (SSSR count). The summed E-state index contributed by atoms with van der Waals surface area (Å²) < 4.78 is 5.03. The lowest BCUT2D eigenvalue weighted by molar-refractivity contribution is 0.373. The van der Waals surface area contributed by atoms with E-state index in [-0.39, 0.29) is 5.75 Å². The second-order valence-electron chi connectivity index (χ2n) is 4.59. The van der Waals surface area contributed by atoms with Crippen molar-refractivity contribution >= 4 is 29.2 Å². The maximum atomic E-state index is 9.93. The molecular formula is C16H17N3O2S. The molecule has 2 aromatic rings.